The number of piperidine rings is 1. The van der Waals surface area contributed by atoms with Crippen LogP contribution in [0.4, 0.5) is 0 Å². The first-order valence-corrected chi connectivity index (χ1v) is 8.50. The number of amides is 1. The lowest BCUT2D eigenvalue weighted by Crippen LogP contribution is -2.50. The molecule has 0 radical (unpaired) electrons. The molecule has 2 atom stereocenters. The van der Waals surface area contributed by atoms with E-state index in [0.717, 1.165) is 36.7 Å². The number of likely N-dealkylation sites (tertiary alicyclic amines) is 1. The van der Waals surface area contributed by atoms with Crippen LogP contribution in [0.1, 0.15) is 29.6 Å². The minimum Gasteiger partial charge on any atom is -0.379 e. The average molecular weight is 326 g/mol. The van der Waals surface area contributed by atoms with E-state index in [-0.39, 0.29) is 17.6 Å². The van der Waals surface area contributed by atoms with Gasteiger partial charge in [0.25, 0.3) is 5.91 Å². The highest BCUT2D eigenvalue weighted by molar-refractivity contribution is 5.98. The Balaban J connectivity index is 1.55. The predicted molar refractivity (Wildman–Crippen MR) is 91.0 cm³/mol. The quantitative estimate of drug-likeness (QED) is 0.851. The summed E-state index contributed by atoms with van der Waals surface area (Å²) in [6.45, 7) is 2.06. The van der Waals surface area contributed by atoms with Crippen LogP contribution < -0.4 is 0 Å². The summed E-state index contributed by atoms with van der Waals surface area (Å²) in [5.74, 6) is 0.0734. The SMILES string of the molecule is CO[C@@H]1CO[C@@]2(CCCN(C(=O)c3ccc4ncccc4c3)C2)C1. The fourth-order valence-corrected chi connectivity index (χ4v) is 3.90. The third-order valence-electron chi connectivity index (χ3n) is 5.19. The maximum absolute atomic E-state index is 13.0. The van der Waals surface area contributed by atoms with E-state index in [4.69, 9.17) is 9.47 Å². The van der Waals surface area contributed by atoms with Crippen molar-refractivity contribution >= 4 is 16.8 Å². The van der Waals surface area contributed by atoms with Gasteiger partial charge in [0.15, 0.2) is 0 Å². The van der Waals surface area contributed by atoms with Crippen molar-refractivity contribution < 1.29 is 14.3 Å². The molecule has 4 rings (SSSR count). The van der Waals surface area contributed by atoms with Crippen molar-refractivity contribution in [3.63, 3.8) is 0 Å². The van der Waals surface area contributed by atoms with Crippen LogP contribution in [-0.4, -0.2) is 54.3 Å². The highest BCUT2D eigenvalue weighted by Crippen LogP contribution is 2.36. The van der Waals surface area contributed by atoms with Crippen LogP contribution in [0.25, 0.3) is 10.9 Å². The Kier molecular flexibility index (Phi) is 3.98. The molecule has 3 heterocycles. The van der Waals surface area contributed by atoms with Crippen LogP contribution >= 0.6 is 0 Å². The third-order valence-corrected chi connectivity index (χ3v) is 5.19. The number of nitrogens with zero attached hydrogens (tertiary/aromatic N) is 2. The van der Waals surface area contributed by atoms with E-state index in [1.165, 1.54) is 0 Å². The molecule has 1 spiro atoms. The normalized spacial score (nSPS) is 27.0. The van der Waals surface area contributed by atoms with Gasteiger partial charge in [0.2, 0.25) is 0 Å². The Morgan fingerprint density at radius 2 is 2.33 bits per heavy atom. The van der Waals surface area contributed by atoms with Gasteiger partial charge in [-0.15, -0.1) is 0 Å². The first-order chi connectivity index (χ1) is 11.7. The molecule has 2 aliphatic rings. The van der Waals surface area contributed by atoms with Crippen molar-refractivity contribution in [3.05, 3.63) is 42.1 Å². The van der Waals surface area contributed by atoms with Crippen molar-refractivity contribution in [1.29, 1.82) is 0 Å². The number of fused-ring (bicyclic) bond motifs is 1. The van der Waals surface area contributed by atoms with Gasteiger partial charge in [-0.3, -0.25) is 9.78 Å². The smallest absolute Gasteiger partial charge is 0.253 e. The van der Waals surface area contributed by atoms with Crippen molar-refractivity contribution in [3.8, 4) is 0 Å². The van der Waals surface area contributed by atoms with Crippen LogP contribution in [0.2, 0.25) is 0 Å². The fraction of sp³-hybridized carbons (Fsp3) is 0.474. The average Bonchev–Trinajstić information content (AvgIpc) is 3.03. The Morgan fingerprint density at radius 1 is 1.42 bits per heavy atom. The largest absolute Gasteiger partial charge is 0.379 e. The van der Waals surface area contributed by atoms with E-state index in [2.05, 4.69) is 4.98 Å². The summed E-state index contributed by atoms with van der Waals surface area (Å²) in [5, 5.41) is 0.992. The first-order valence-electron chi connectivity index (χ1n) is 8.50. The molecule has 24 heavy (non-hydrogen) atoms. The molecule has 2 saturated heterocycles. The molecular weight excluding hydrogens is 304 g/mol. The van der Waals surface area contributed by atoms with Gasteiger partial charge in [-0.2, -0.15) is 0 Å². The minimum absolute atomic E-state index is 0.0734. The zero-order valence-corrected chi connectivity index (χ0v) is 13.9. The van der Waals surface area contributed by atoms with Crippen molar-refractivity contribution in [2.75, 3.05) is 26.8 Å². The molecule has 0 saturated carbocycles. The predicted octanol–water partition coefficient (Wildman–Crippen LogP) is 2.64. The third kappa shape index (κ3) is 2.78. The molecule has 5 nitrogen and oxygen atoms in total. The van der Waals surface area contributed by atoms with E-state index in [1.54, 1.807) is 13.3 Å². The lowest BCUT2D eigenvalue weighted by molar-refractivity contribution is -0.0458. The van der Waals surface area contributed by atoms with E-state index in [1.807, 2.05) is 35.2 Å². The number of carbonyl (C=O) groups is 1. The number of hydrogen-bond donors (Lipinski definition) is 0. The van der Waals surface area contributed by atoms with Gasteiger partial charge in [0.1, 0.15) is 0 Å². The van der Waals surface area contributed by atoms with Crippen molar-refractivity contribution in [2.45, 2.75) is 31.0 Å². The maximum Gasteiger partial charge on any atom is 0.253 e. The maximum atomic E-state index is 13.0. The molecule has 1 aromatic heterocycles. The molecule has 2 fully saturated rings. The number of pyridine rings is 1. The van der Waals surface area contributed by atoms with Crippen molar-refractivity contribution in [2.24, 2.45) is 0 Å². The zero-order valence-electron chi connectivity index (χ0n) is 13.9. The minimum atomic E-state index is -0.229. The van der Waals surface area contributed by atoms with E-state index in [0.29, 0.717) is 18.7 Å². The summed E-state index contributed by atoms with van der Waals surface area (Å²) in [6.07, 6.45) is 4.75. The number of ether oxygens (including phenoxy) is 2. The Bertz CT molecular complexity index is 763. The molecule has 0 aliphatic carbocycles. The van der Waals surface area contributed by atoms with Crippen LogP contribution in [-0.2, 0) is 9.47 Å². The number of rotatable bonds is 2. The van der Waals surface area contributed by atoms with Gasteiger partial charge in [-0.25, -0.2) is 0 Å². The number of carbonyl (C=O) groups excluding carboxylic acids is 1. The number of aromatic nitrogens is 1. The summed E-state index contributed by atoms with van der Waals surface area (Å²) < 4.78 is 11.5. The second-order valence-corrected chi connectivity index (χ2v) is 6.80. The Morgan fingerprint density at radius 3 is 3.17 bits per heavy atom. The second-order valence-electron chi connectivity index (χ2n) is 6.80. The molecule has 0 unspecified atom stereocenters. The molecule has 1 aromatic carbocycles. The summed E-state index contributed by atoms with van der Waals surface area (Å²) in [5.41, 5.74) is 1.40. The van der Waals surface area contributed by atoms with Crippen LogP contribution in [0.3, 0.4) is 0 Å². The molecule has 1 amide bonds. The zero-order chi connectivity index (χ0) is 16.6. The summed E-state index contributed by atoms with van der Waals surface area (Å²) >= 11 is 0. The fourth-order valence-electron chi connectivity index (χ4n) is 3.90. The highest BCUT2D eigenvalue weighted by atomic mass is 16.6. The standard InChI is InChI=1S/C19H22N2O3/c1-23-16-11-19(24-12-16)7-3-9-21(13-19)18(22)15-5-6-17-14(10-15)4-2-8-20-17/h2,4-6,8,10,16H,3,7,9,11-13H2,1H3/t16-,19-/m0/s1. The van der Waals surface area contributed by atoms with Crippen molar-refractivity contribution in [1.82, 2.24) is 9.88 Å². The van der Waals surface area contributed by atoms with Gasteiger partial charge in [0, 0.05) is 37.2 Å². The second kappa shape index (κ2) is 6.15. The summed E-state index contributed by atoms with van der Waals surface area (Å²) in [4.78, 5) is 19.2. The molecule has 0 N–H and O–H groups in total. The van der Waals surface area contributed by atoms with Gasteiger partial charge in [-0.05, 0) is 37.1 Å². The molecule has 5 heteroatoms. The molecule has 2 aromatic rings. The van der Waals surface area contributed by atoms with Gasteiger partial charge in [-0.1, -0.05) is 6.07 Å². The number of hydrogen-bond acceptors (Lipinski definition) is 4. The van der Waals surface area contributed by atoms with E-state index >= 15 is 0 Å². The van der Waals surface area contributed by atoms with Gasteiger partial charge < -0.3 is 14.4 Å². The summed E-state index contributed by atoms with van der Waals surface area (Å²) in [7, 11) is 1.72. The Labute approximate surface area is 141 Å². The molecule has 0 bridgehead atoms. The molecular formula is C19H22N2O3. The first kappa shape index (κ1) is 15.5. The highest BCUT2D eigenvalue weighted by Gasteiger charge is 2.44. The monoisotopic (exact) mass is 326 g/mol. The summed E-state index contributed by atoms with van der Waals surface area (Å²) in [6, 6.07) is 9.59. The van der Waals surface area contributed by atoms with Crippen LogP contribution in [0.15, 0.2) is 36.5 Å². The Hall–Kier alpha value is -1.98. The van der Waals surface area contributed by atoms with Gasteiger partial charge >= 0.3 is 0 Å². The van der Waals surface area contributed by atoms with E-state index in [9.17, 15) is 4.79 Å². The lowest BCUT2D eigenvalue weighted by atomic mass is 9.89. The van der Waals surface area contributed by atoms with Crippen LogP contribution in [0, 0.1) is 0 Å². The van der Waals surface area contributed by atoms with Crippen LogP contribution in [0.5, 0.6) is 0 Å². The topological polar surface area (TPSA) is 51.7 Å². The lowest BCUT2D eigenvalue weighted by Gasteiger charge is -2.39. The molecule has 2 aliphatic heterocycles. The number of benzene rings is 1. The van der Waals surface area contributed by atoms with E-state index < -0.39 is 0 Å². The molecule has 126 valence electrons. The van der Waals surface area contributed by atoms with Gasteiger partial charge in [0.05, 0.1) is 30.4 Å². The number of methoxy groups -OCH3 is 1.